The second-order valence-corrected chi connectivity index (χ2v) is 5.31. The Morgan fingerprint density at radius 2 is 2.32 bits per heavy atom. The Kier molecular flexibility index (Phi) is 3.60. The summed E-state index contributed by atoms with van der Waals surface area (Å²) in [6.45, 7) is 3.30. The van der Waals surface area contributed by atoms with Gasteiger partial charge in [-0.3, -0.25) is 14.9 Å². The number of nitrogens with zero attached hydrogens (tertiary/aromatic N) is 4. The number of aryl methyl sites for hydroxylation is 1. The quantitative estimate of drug-likeness (QED) is 0.844. The second-order valence-electron chi connectivity index (χ2n) is 5.31. The van der Waals surface area contributed by atoms with Crippen LogP contribution in [0.15, 0.2) is 36.9 Å². The normalized spacial score (nSPS) is 20.6. The van der Waals surface area contributed by atoms with Crippen LogP contribution in [0.25, 0.3) is 0 Å². The number of hydrogen-bond acceptors (Lipinski definition) is 3. The molecule has 4 heteroatoms. The van der Waals surface area contributed by atoms with Crippen molar-refractivity contribution in [3.63, 3.8) is 0 Å². The summed E-state index contributed by atoms with van der Waals surface area (Å²) < 4.78 is 2.20. The molecule has 1 aliphatic heterocycles. The van der Waals surface area contributed by atoms with Gasteiger partial charge >= 0.3 is 0 Å². The zero-order valence-electron chi connectivity index (χ0n) is 11.4. The van der Waals surface area contributed by atoms with Crippen molar-refractivity contribution >= 4 is 0 Å². The van der Waals surface area contributed by atoms with E-state index in [1.807, 2.05) is 6.20 Å². The lowest BCUT2D eigenvalue weighted by Gasteiger charge is -2.32. The molecule has 0 N–H and O–H groups in total. The molecule has 0 unspecified atom stereocenters. The lowest BCUT2D eigenvalue weighted by Crippen LogP contribution is -2.34. The maximum Gasteiger partial charge on any atom is 0.0630 e. The van der Waals surface area contributed by atoms with E-state index in [-0.39, 0.29) is 0 Å². The monoisotopic (exact) mass is 256 g/mol. The van der Waals surface area contributed by atoms with Crippen LogP contribution in [0.1, 0.15) is 30.1 Å². The summed E-state index contributed by atoms with van der Waals surface area (Å²) in [6, 6.07) is 4.31. The molecule has 0 bridgehead atoms. The number of likely N-dealkylation sites (tertiary alicyclic amines) is 1. The van der Waals surface area contributed by atoms with E-state index in [0.29, 0.717) is 5.92 Å². The van der Waals surface area contributed by atoms with E-state index in [9.17, 15) is 0 Å². The van der Waals surface area contributed by atoms with Gasteiger partial charge in [0.05, 0.1) is 5.69 Å². The average Bonchev–Trinajstić information content (AvgIpc) is 2.86. The van der Waals surface area contributed by atoms with Crippen LogP contribution in [0, 0.1) is 0 Å². The molecule has 100 valence electrons. The van der Waals surface area contributed by atoms with Crippen LogP contribution in [0.3, 0.4) is 0 Å². The molecular formula is C15H20N4. The molecule has 0 spiro atoms. The molecular weight excluding hydrogens is 236 g/mol. The van der Waals surface area contributed by atoms with Crippen molar-refractivity contribution in [2.75, 3.05) is 13.1 Å². The van der Waals surface area contributed by atoms with Crippen molar-refractivity contribution < 1.29 is 0 Å². The molecule has 1 atom stereocenters. The van der Waals surface area contributed by atoms with Crippen molar-refractivity contribution in [3.8, 4) is 0 Å². The van der Waals surface area contributed by atoms with Gasteiger partial charge in [-0.25, -0.2) is 0 Å². The lowest BCUT2D eigenvalue weighted by atomic mass is 9.95. The molecule has 0 amide bonds. The summed E-state index contributed by atoms with van der Waals surface area (Å²) in [5.41, 5.74) is 2.51. The summed E-state index contributed by atoms with van der Waals surface area (Å²) >= 11 is 0. The fourth-order valence-corrected chi connectivity index (χ4v) is 2.85. The molecule has 0 aliphatic carbocycles. The third-order valence-corrected chi connectivity index (χ3v) is 3.94. The summed E-state index contributed by atoms with van der Waals surface area (Å²) in [5, 5.41) is 0. The standard InChI is InChI=1S/C15H20N4/c1-18-8-3-5-14(18)12-19-9-2-4-13(11-19)15-10-16-6-7-17-15/h3,5-8,10,13H,2,4,9,11-12H2,1H3/t13-/m0/s1. The Bertz CT molecular complexity index is 520. The molecule has 4 nitrogen and oxygen atoms in total. The molecule has 3 rings (SSSR count). The zero-order valence-corrected chi connectivity index (χ0v) is 11.4. The number of aromatic nitrogens is 3. The lowest BCUT2D eigenvalue weighted by molar-refractivity contribution is 0.194. The minimum atomic E-state index is 0.530. The molecule has 0 radical (unpaired) electrons. The van der Waals surface area contributed by atoms with Gasteiger partial charge in [-0.1, -0.05) is 0 Å². The SMILES string of the molecule is Cn1cccc1CN1CCC[C@H](c2cnccn2)C1. The summed E-state index contributed by atoms with van der Waals surface area (Å²) in [7, 11) is 2.11. The Balaban J connectivity index is 1.67. The third-order valence-electron chi connectivity index (χ3n) is 3.94. The van der Waals surface area contributed by atoms with Crippen LogP contribution in [0.4, 0.5) is 0 Å². The van der Waals surface area contributed by atoms with E-state index < -0.39 is 0 Å². The fourth-order valence-electron chi connectivity index (χ4n) is 2.85. The summed E-state index contributed by atoms with van der Waals surface area (Å²) in [5.74, 6) is 0.530. The topological polar surface area (TPSA) is 34.0 Å². The van der Waals surface area contributed by atoms with Gasteiger partial charge in [0.2, 0.25) is 0 Å². The van der Waals surface area contributed by atoms with Gasteiger partial charge in [-0.2, -0.15) is 0 Å². The predicted octanol–water partition coefficient (Wildman–Crippen LogP) is 2.19. The maximum absolute atomic E-state index is 4.46. The Morgan fingerprint density at radius 1 is 1.37 bits per heavy atom. The van der Waals surface area contributed by atoms with Gasteiger partial charge < -0.3 is 4.57 Å². The van der Waals surface area contributed by atoms with Gasteiger partial charge in [0.15, 0.2) is 0 Å². The minimum Gasteiger partial charge on any atom is -0.353 e. The van der Waals surface area contributed by atoms with E-state index in [4.69, 9.17) is 0 Å². The van der Waals surface area contributed by atoms with E-state index in [1.54, 1.807) is 12.4 Å². The smallest absolute Gasteiger partial charge is 0.0630 e. The largest absolute Gasteiger partial charge is 0.353 e. The van der Waals surface area contributed by atoms with Crippen LogP contribution < -0.4 is 0 Å². The number of hydrogen-bond donors (Lipinski definition) is 0. The second kappa shape index (κ2) is 5.53. The third kappa shape index (κ3) is 2.84. The van der Waals surface area contributed by atoms with Gasteiger partial charge in [0.1, 0.15) is 0 Å². The van der Waals surface area contributed by atoms with Crippen LogP contribution in [0.2, 0.25) is 0 Å². The highest BCUT2D eigenvalue weighted by atomic mass is 15.1. The van der Waals surface area contributed by atoms with Crippen LogP contribution in [0.5, 0.6) is 0 Å². The van der Waals surface area contributed by atoms with E-state index >= 15 is 0 Å². The van der Waals surface area contributed by atoms with E-state index in [1.165, 1.54) is 25.1 Å². The highest BCUT2D eigenvalue weighted by Gasteiger charge is 2.22. The molecule has 1 saturated heterocycles. The molecule has 19 heavy (non-hydrogen) atoms. The first-order chi connectivity index (χ1) is 9.33. The first-order valence-electron chi connectivity index (χ1n) is 6.91. The molecule has 1 fully saturated rings. The minimum absolute atomic E-state index is 0.530. The van der Waals surface area contributed by atoms with Crippen molar-refractivity contribution in [2.24, 2.45) is 7.05 Å². The van der Waals surface area contributed by atoms with Gasteiger partial charge in [0.25, 0.3) is 0 Å². The Hall–Kier alpha value is -1.68. The van der Waals surface area contributed by atoms with Crippen LogP contribution in [-0.2, 0) is 13.6 Å². The first-order valence-corrected chi connectivity index (χ1v) is 6.91. The highest BCUT2D eigenvalue weighted by Crippen LogP contribution is 2.25. The van der Waals surface area contributed by atoms with E-state index in [0.717, 1.165) is 18.8 Å². The summed E-state index contributed by atoms with van der Waals surface area (Å²) in [4.78, 5) is 11.2. The van der Waals surface area contributed by atoms with Gasteiger partial charge in [-0.05, 0) is 31.5 Å². The van der Waals surface area contributed by atoms with E-state index in [2.05, 4.69) is 44.8 Å². The van der Waals surface area contributed by atoms with Crippen molar-refractivity contribution in [1.82, 2.24) is 19.4 Å². The molecule has 2 aromatic rings. The van der Waals surface area contributed by atoms with Crippen LogP contribution >= 0.6 is 0 Å². The molecule has 3 heterocycles. The molecule has 1 aliphatic rings. The maximum atomic E-state index is 4.46. The van der Waals surface area contributed by atoms with Crippen molar-refractivity contribution in [1.29, 1.82) is 0 Å². The first kappa shape index (κ1) is 12.4. The van der Waals surface area contributed by atoms with Crippen molar-refractivity contribution in [2.45, 2.75) is 25.3 Å². The molecule has 2 aromatic heterocycles. The zero-order chi connectivity index (χ0) is 13.1. The van der Waals surface area contributed by atoms with Gasteiger partial charge in [-0.15, -0.1) is 0 Å². The average molecular weight is 256 g/mol. The Labute approximate surface area is 114 Å². The van der Waals surface area contributed by atoms with Crippen LogP contribution in [-0.4, -0.2) is 32.5 Å². The highest BCUT2D eigenvalue weighted by molar-refractivity contribution is 5.09. The van der Waals surface area contributed by atoms with Gasteiger partial charge in [0, 0.05) is 56.5 Å². The molecule has 0 aromatic carbocycles. The fraction of sp³-hybridized carbons (Fsp3) is 0.467. The predicted molar refractivity (Wildman–Crippen MR) is 74.7 cm³/mol. The molecule has 0 saturated carbocycles. The Morgan fingerprint density at radius 3 is 3.05 bits per heavy atom. The number of rotatable bonds is 3. The van der Waals surface area contributed by atoms with Crippen molar-refractivity contribution in [3.05, 3.63) is 48.3 Å². The number of piperidine rings is 1. The summed E-state index contributed by atoms with van der Waals surface area (Å²) in [6.07, 6.45) is 10.0.